The molecule has 4 N–H and O–H groups in total. The fourth-order valence-corrected chi connectivity index (χ4v) is 9.87. The Labute approximate surface area is 336 Å². The number of amides is 1. The van der Waals surface area contributed by atoms with E-state index in [9.17, 15) is 44.1 Å². The molecule has 1 saturated heterocycles. The van der Waals surface area contributed by atoms with Crippen LogP contribution < -0.4 is 5.32 Å². The molecular weight excluding hydrogens is 754 g/mol. The summed E-state index contributed by atoms with van der Waals surface area (Å²) in [5, 5.41) is 39.3. The number of carbonyl (C=O) groups is 6. The summed E-state index contributed by atoms with van der Waals surface area (Å²) >= 11 is 0. The third kappa shape index (κ3) is 7.09. The van der Waals surface area contributed by atoms with E-state index in [4.69, 9.17) is 23.7 Å². The molecule has 6 rings (SSSR count). The average molecular weight is 808 g/mol. The molecule has 3 saturated carbocycles. The van der Waals surface area contributed by atoms with Crippen LogP contribution in [0.15, 0.2) is 60.7 Å². The van der Waals surface area contributed by atoms with Crippen molar-refractivity contribution in [3.05, 3.63) is 71.8 Å². The van der Waals surface area contributed by atoms with E-state index in [1.165, 1.54) is 19.1 Å². The summed E-state index contributed by atoms with van der Waals surface area (Å²) in [5.41, 5.74) is -8.31. The van der Waals surface area contributed by atoms with Gasteiger partial charge in [-0.3, -0.25) is 14.4 Å². The lowest BCUT2D eigenvalue weighted by Crippen LogP contribution is -2.82. The molecule has 4 aliphatic rings. The fraction of sp³-hybridized carbons (Fsp3) is 0.581. The standard InChI is InChI=1S/C43H53NO14/c1-22-26(55-37(51)32(48)30(24-15-11-9-12-16-24)44-38(52)58-39(3,4)5)20-43(53)35(56-36(50)25-17-13-10-14-18-25)33-41(8,34(49)31(47)29(22)40(43,6)7)27(46)19-28-42(33,21-54-28)57-23(2)45/h9-18,22,26-30,32-33,35,46,48,53H,19-21H2,1-8H3,(H,44,52)/t22?,26?,27-,28+,29?,30?,32+,33-,35-,41+,42-,43+/m0/s1. The molecule has 2 aromatic rings. The monoisotopic (exact) mass is 807 g/mol. The van der Waals surface area contributed by atoms with Crippen LogP contribution in [-0.2, 0) is 42.9 Å². The number of aliphatic hydroxyl groups excluding tert-OH is 2. The number of Topliss-reactive ketones (excluding diaryl/α,β-unsaturated/α-hetero) is 2. The summed E-state index contributed by atoms with van der Waals surface area (Å²) in [7, 11) is 0. The van der Waals surface area contributed by atoms with Gasteiger partial charge in [-0.1, -0.05) is 69.3 Å². The first-order valence-corrected chi connectivity index (χ1v) is 19.5. The summed E-state index contributed by atoms with van der Waals surface area (Å²) in [6.45, 7) is 11.8. The molecule has 1 amide bonds. The van der Waals surface area contributed by atoms with Crippen molar-refractivity contribution < 1.29 is 67.8 Å². The van der Waals surface area contributed by atoms with Gasteiger partial charge in [-0.25, -0.2) is 14.4 Å². The van der Waals surface area contributed by atoms with Crippen molar-refractivity contribution in [2.24, 2.45) is 28.6 Å². The lowest BCUT2D eigenvalue weighted by atomic mass is 9.42. The van der Waals surface area contributed by atoms with E-state index in [2.05, 4.69) is 5.32 Å². The van der Waals surface area contributed by atoms with Crippen molar-refractivity contribution in [2.75, 3.05) is 6.61 Å². The molecule has 15 nitrogen and oxygen atoms in total. The highest BCUT2D eigenvalue weighted by Gasteiger charge is 2.79. The molecule has 3 aliphatic carbocycles. The largest absolute Gasteiger partial charge is 0.460 e. The highest BCUT2D eigenvalue weighted by atomic mass is 16.6. The number of rotatable bonds is 8. The van der Waals surface area contributed by atoms with Crippen molar-refractivity contribution in [3.63, 3.8) is 0 Å². The quantitative estimate of drug-likeness (QED) is 0.171. The number of aliphatic hydroxyl groups is 3. The van der Waals surface area contributed by atoms with Crippen LogP contribution in [0.1, 0.15) is 90.2 Å². The zero-order valence-corrected chi connectivity index (χ0v) is 33.9. The van der Waals surface area contributed by atoms with Crippen LogP contribution >= 0.6 is 0 Å². The number of ether oxygens (including phenoxy) is 5. The molecule has 1 heterocycles. The minimum Gasteiger partial charge on any atom is -0.460 e. The van der Waals surface area contributed by atoms with E-state index in [1.807, 2.05) is 0 Å². The van der Waals surface area contributed by atoms with Crippen molar-refractivity contribution in [3.8, 4) is 0 Å². The molecule has 1 aliphatic heterocycles. The van der Waals surface area contributed by atoms with Gasteiger partial charge in [0.15, 0.2) is 11.7 Å². The summed E-state index contributed by atoms with van der Waals surface area (Å²) in [5.74, 6) is -8.93. The number of benzene rings is 2. The number of fused-ring (bicyclic) bond motifs is 5. The van der Waals surface area contributed by atoms with Crippen LogP contribution in [0.3, 0.4) is 0 Å². The Morgan fingerprint density at radius 1 is 0.948 bits per heavy atom. The maximum atomic E-state index is 14.9. The smallest absolute Gasteiger partial charge is 0.408 e. The predicted molar refractivity (Wildman–Crippen MR) is 203 cm³/mol. The Kier molecular flexibility index (Phi) is 11.2. The van der Waals surface area contributed by atoms with Crippen molar-refractivity contribution in [1.29, 1.82) is 0 Å². The Balaban J connectivity index is 1.46. The van der Waals surface area contributed by atoms with E-state index >= 15 is 0 Å². The molecule has 12 atom stereocenters. The van der Waals surface area contributed by atoms with Gasteiger partial charge in [0, 0.05) is 37.0 Å². The van der Waals surface area contributed by atoms with Crippen LogP contribution in [0.25, 0.3) is 0 Å². The highest BCUT2D eigenvalue weighted by molar-refractivity contribution is 6.40. The first kappa shape index (κ1) is 42.9. The van der Waals surface area contributed by atoms with Gasteiger partial charge in [0.25, 0.3) is 0 Å². The first-order valence-electron chi connectivity index (χ1n) is 19.5. The minimum atomic E-state index is -2.36. The molecule has 15 heteroatoms. The van der Waals surface area contributed by atoms with Gasteiger partial charge in [0.2, 0.25) is 11.6 Å². The Morgan fingerprint density at radius 3 is 2.10 bits per heavy atom. The number of hydrogen-bond donors (Lipinski definition) is 4. The van der Waals surface area contributed by atoms with E-state index in [0.29, 0.717) is 5.56 Å². The normalized spacial score (nSPS) is 34.9. The minimum absolute atomic E-state index is 0.0747. The van der Waals surface area contributed by atoms with Crippen LogP contribution in [0.2, 0.25) is 0 Å². The third-order valence-corrected chi connectivity index (χ3v) is 12.9. The van der Waals surface area contributed by atoms with Gasteiger partial charge in [-0.15, -0.1) is 0 Å². The maximum absolute atomic E-state index is 14.9. The first-order chi connectivity index (χ1) is 27.0. The second-order valence-corrected chi connectivity index (χ2v) is 17.9. The van der Waals surface area contributed by atoms with Crippen LogP contribution in [0, 0.1) is 28.6 Å². The van der Waals surface area contributed by atoms with Gasteiger partial charge in [0.1, 0.15) is 29.5 Å². The molecular formula is C43H53NO14. The Hall–Kier alpha value is -4.70. The van der Waals surface area contributed by atoms with Crippen molar-refractivity contribution >= 4 is 35.6 Å². The molecule has 0 spiro atoms. The summed E-state index contributed by atoms with van der Waals surface area (Å²) in [6, 6.07) is 14.6. The highest BCUT2D eigenvalue weighted by Crippen LogP contribution is 2.64. The van der Waals surface area contributed by atoms with Crippen LogP contribution in [0.4, 0.5) is 4.79 Å². The fourth-order valence-electron chi connectivity index (χ4n) is 9.87. The van der Waals surface area contributed by atoms with E-state index < -0.39 is 124 Å². The van der Waals surface area contributed by atoms with Crippen molar-refractivity contribution in [2.45, 2.75) is 122 Å². The zero-order valence-electron chi connectivity index (χ0n) is 33.9. The number of esters is 3. The lowest BCUT2D eigenvalue weighted by molar-refractivity contribution is -0.350. The van der Waals surface area contributed by atoms with Gasteiger partial charge in [-0.2, -0.15) is 0 Å². The molecule has 2 bridgehead atoms. The number of ketones is 2. The van der Waals surface area contributed by atoms with Gasteiger partial charge in [-0.05, 0) is 45.4 Å². The maximum Gasteiger partial charge on any atom is 0.408 e. The molecule has 4 unspecified atom stereocenters. The van der Waals surface area contributed by atoms with Gasteiger partial charge >= 0.3 is 24.0 Å². The van der Waals surface area contributed by atoms with E-state index in [-0.39, 0.29) is 18.6 Å². The molecule has 4 fully saturated rings. The molecule has 0 aromatic heterocycles. The zero-order chi connectivity index (χ0) is 42.7. The Morgan fingerprint density at radius 2 is 1.55 bits per heavy atom. The molecule has 58 heavy (non-hydrogen) atoms. The summed E-state index contributed by atoms with van der Waals surface area (Å²) in [6.07, 6.45) is -9.48. The van der Waals surface area contributed by atoms with Crippen LogP contribution in [-0.4, -0.2) is 105 Å². The van der Waals surface area contributed by atoms with E-state index in [1.54, 1.807) is 90.1 Å². The summed E-state index contributed by atoms with van der Waals surface area (Å²) in [4.78, 5) is 83.6. The third-order valence-electron chi connectivity index (χ3n) is 12.9. The van der Waals surface area contributed by atoms with E-state index in [0.717, 1.165) is 6.92 Å². The second kappa shape index (κ2) is 15.2. The van der Waals surface area contributed by atoms with Gasteiger partial charge < -0.3 is 44.3 Å². The van der Waals surface area contributed by atoms with Crippen molar-refractivity contribution in [1.82, 2.24) is 5.32 Å². The molecule has 314 valence electrons. The number of carbonyl (C=O) groups excluding carboxylic acids is 6. The molecule has 2 aromatic carbocycles. The Bertz CT molecular complexity index is 1950. The topological polar surface area (TPSA) is 221 Å². The predicted octanol–water partition coefficient (Wildman–Crippen LogP) is 3.40. The number of alkyl carbamates (subject to hydrolysis) is 1. The average Bonchev–Trinajstić information content (AvgIpc) is 3.14. The van der Waals surface area contributed by atoms with Crippen LogP contribution in [0.5, 0.6) is 0 Å². The molecule has 0 radical (unpaired) electrons. The summed E-state index contributed by atoms with van der Waals surface area (Å²) < 4.78 is 29.5. The second-order valence-electron chi connectivity index (χ2n) is 17.9. The number of nitrogens with one attached hydrogen (secondary N) is 1. The SMILES string of the molecule is CC(=O)O[C@@]12CO[C@@H]1C[C@H](O)[C@@]1(C)C(=O)C(=O)C3C(C)C(OC(=O)[C@H](O)C(NC(=O)OC(C)(C)C)c4ccccc4)C[C@@](O)([C@@H](OC(=O)c4ccccc4)[C@H]21)C3(C)C. The lowest BCUT2D eigenvalue weighted by Gasteiger charge is -2.67. The number of hydrogen-bond acceptors (Lipinski definition) is 14. The van der Waals surface area contributed by atoms with Gasteiger partial charge in [0.05, 0.1) is 35.6 Å².